The number of aliphatic hydroxyl groups excluding tert-OH is 2. The van der Waals surface area contributed by atoms with Gasteiger partial charge in [0.25, 0.3) is 0 Å². The van der Waals surface area contributed by atoms with Crippen LogP contribution in [0.25, 0.3) is 0 Å². The van der Waals surface area contributed by atoms with Gasteiger partial charge in [-0.15, -0.1) is 0 Å². The first kappa shape index (κ1) is 20.9. The van der Waals surface area contributed by atoms with Crippen molar-refractivity contribution >= 4 is 29.0 Å². The molecule has 0 saturated heterocycles. The SMILES string of the molecule is C[C@@](O)(c1ccc(Cl)c(Cl)c1)[C@H]1C[C@@H](N2C=CC3C(NO)=NCNC32)[C@H](O)[C@@H]1O. The fraction of sp³-hybridized carbons (Fsp3) is 0.526. The Balaban J connectivity index is 1.58. The smallest absolute Gasteiger partial charge is 0.132 e. The second-order valence-corrected chi connectivity index (χ2v) is 8.76. The molecule has 8 nitrogen and oxygen atoms in total. The third-order valence-corrected chi connectivity index (χ3v) is 7.11. The molecule has 1 aromatic rings. The molecule has 0 radical (unpaired) electrons. The van der Waals surface area contributed by atoms with Gasteiger partial charge in [-0.1, -0.05) is 35.3 Å². The summed E-state index contributed by atoms with van der Waals surface area (Å²) in [5, 5.41) is 46.1. The van der Waals surface area contributed by atoms with Gasteiger partial charge in [0, 0.05) is 5.92 Å². The number of rotatable bonds is 3. The van der Waals surface area contributed by atoms with Gasteiger partial charge in [-0.2, -0.15) is 0 Å². The van der Waals surface area contributed by atoms with Crippen LogP contribution in [0.5, 0.6) is 0 Å². The second-order valence-electron chi connectivity index (χ2n) is 7.94. The molecule has 2 aliphatic heterocycles. The zero-order valence-corrected chi connectivity index (χ0v) is 17.2. The van der Waals surface area contributed by atoms with Crippen molar-refractivity contribution in [2.24, 2.45) is 16.8 Å². The van der Waals surface area contributed by atoms with Gasteiger partial charge >= 0.3 is 0 Å². The van der Waals surface area contributed by atoms with Crippen molar-refractivity contribution in [3.63, 3.8) is 0 Å². The number of aliphatic hydroxyl groups is 3. The van der Waals surface area contributed by atoms with E-state index in [0.29, 0.717) is 34.5 Å². The molecule has 7 atom stereocenters. The summed E-state index contributed by atoms with van der Waals surface area (Å²) in [7, 11) is 0. The van der Waals surface area contributed by atoms with Crippen molar-refractivity contribution in [2.75, 3.05) is 6.67 Å². The molecular weight excluding hydrogens is 419 g/mol. The minimum atomic E-state index is -1.43. The number of hydrogen-bond donors (Lipinski definition) is 6. The van der Waals surface area contributed by atoms with E-state index in [2.05, 4.69) is 15.8 Å². The van der Waals surface area contributed by atoms with E-state index in [1.54, 1.807) is 25.1 Å². The van der Waals surface area contributed by atoms with Crippen LogP contribution in [0.4, 0.5) is 0 Å². The minimum absolute atomic E-state index is 0.201. The molecule has 1 fully saturated rings. The minimum Gasteiger partial charge on any atom is -0.390 e. The summed E-state index contributed by atoms with van der Waals surface area (Å²) in [6.07, 6.45) is 1.64. The summed E-state index contributed by atoms with van der Waals surface area (Å²) in [5.74, 6) is -0.382. The van der Waals surface area contributed by atoms with Crippen molar-refractivity contribution in [3.8, 4) is 0 Å². The second kappa shape index (κ2) is 7.70. The topological polar surface area (TPSA) is 121 Å². The first-order chi connectivity index (χ1) is 13.8. The van der Waals surface area contributed by atoms with Crippen LogP contribution >= 0.6 is 23.2 Å². The molecule has 1 aromatic carbocycles. The van der Waals surface area contributed by atoms with Crippen molar-refractivity contribution in [2.45, 2.75) is 43.4 Å². The Hall–Kier alpha value is -1.39. The molecule has 1 saturated carbocycles. The van der Waals surface area contributed by atoms with Gasteiger partial charge in [0.15, 0.2) is 0 Å². The van der Waals surface area contributed by atoms with Gasteiger partial charge < -0.3 is 20.2 Å². The molecule has 0 aromatic heterocycles. The zero-order valence-electron chi connectivity index (χ0n) is 15.7. The Labute approximate surface area is 178 Å². The van der Waals surface area contributed by atoms with E-state index in [-0.39, 0.29) is 12.1 Å². The lowest BCUT2D eigenvalue weighted by atomic mass is 9.80. The molecular formula is C19H24Cl2N4O4. The van der Waals surface area contributed by atoms with Gasteiger partial charge in [0.1, 0.15) is 11.9 Å². The normalized spacial score (nSPS) is 36.0. The lowest BCUT2D eigenvalue weighted by molar-refractivity contribution is -0.0764. The highest BCUT2D eigenvalue weighted by atomic mass is 35.5. The van der Waals surface area contributed by atoms with E-state index in [4.69, 9.17) is 23.2 Å². The maximum atomic E-state index is 11.3. The molecule has 0 spiro atoms. The molecule has 158 valence electrons. The quantitative estimate of drug-likeness (QED) is 0.386. The lowest BCUT2D eigenvalue weighted by Crippen LogP contribution is -2.56. The lowest BCUT2D eigenvalue weighted by Gasteiger charge is -2.38. The number of nitrogens with zero attached hydrogens (tertiary/aromatic N) is 2. The zero-order chi connectivity index (χ0) is 20.9. The molecule has 3 aliphatic rings. The number of hydrogen-bond acceptors (Lipinski definition) is 8. The third-order valence-electron chi connectivity index (χ3n) is 6.37. The maximum Gasteiger partial charge on any atom is 0.132 e. The molecule has 0 amide bonds. The monoisotopic (exact) mass is 442 g/mol. The van der Waals surface area contributed by atoms with Crippen molar-refractivity contribution in [1.82, 2.24) is 15.7 Å². The molecule has 2 unspecified atom stereocenters. The van der Waals surface area contributed by atoms with Crippen LogP contribution in [0.3, 0.4) is 0 Å². The number of aliphatic imine (C=N–C) groups is 1. The molecule has 6 N–H and O–H groups in total. The van der Waals surface area contributed by atoms with Crippen molar-refractivity contribution in [3.05, 3.63) is 46.1 Å². The van der Waals surface area contributed by atoms with Crippen LogP contribution in [0, 0.1) is 11.8 Å². The summed E-state index contributed by atoms with van der Waals surface area (Å²) in [6, 6.07) is 4.43. The van der Waals surface area contributed by atoms with Crippen LogP contribution in [-0.4, -0.2) is 62.3 Å². The van der Waals surface area contributed by atoms with Gasteiger partial charge in [0.05, 0.1) is 46.5 Å². The predicted octanol–water partition coefficient (Wildman–Crippen LogP) is 1.02. The van der Waals surface area contributed by atoms with Crippen LogP contribution in [-0.2, 0) is 5.60 Å². The number of nitrogens with one attached hydrogen (secondary N) is 2. The highest BCUT2D eigenvalue weighted by Gasteiger charge is 2.53. The van der Waals surface area contributed by atoms with E-state index in [9.17, 15) is 20.5 Å². The molecule has 10 heteroatoms. The summed E-state index contributed by atoms with van der Waals surface area (Å²) in [6.45, 7) is 1.93. The van der Waals surface area contributed by atoms with Crippen LogP contribution < -0.4 is 10.8 Å². The highest BCUT2D eigenvalue weighted by molar-refractivity contribution is 6.42. The summed E-state index contributed by atoms with van der Waals surface area (Å²) >= 11 is 12.1. The van der Waals surface area contributed by atoms with E-state index in [0.717, 1.165) is 0 Å². The highest BCUT2D eigenvalue weighted by Crippen LogP contribution is 2.44. The fourth-order valence-corrected chi connectivity index (χ4v) is 4.99. The van der Waals surface area contributed by atoms with Crippen molar-refractivity contribution < 1.29 is 20.5 Å². The Bertz CT molecular complexity index is 849. The number of hydroxylamine groups is 1. The van der Waals surface area contributed by atoms with E-state index in [1.165, 1.54) is 0 Å². The molecule has 29 heavy (non-hydrogen) atoms. The number of halogens is 2. The van der Waals surface area contributed by atoms with E-state index in [1.807, 2.05) is 17.2 Å². The number of amidine groups is 1. The van der Waals surface area contributed by atoms with E-state index >= 15 is 0 Å². The molecule has 0 bridgehead atoms. The van der Waals surface area contributed by atoms with Gasteiger partial charge in [-0.25, -0.2) is 0 Å². The Morgan fingerprint density at radius 2 is 2.00 bits per heavy atom. The third kappa shape index (κ3) is 3.42. The number of fused-ring (bicyclic) bond motifs is 1. The van der Waals surface area contributed by atoms with Crippen LogP contribution in [0.2, 0.25) is 10.0 Å². The first-order valence-corrected chi connectivity index (χ1v) is 10.2. The summed E-state index contributed by atoms with van der Waals surface area (Å²) in [4.78, 5) is 6.11. The van der Waals surface area contributed by atoms with Gasteiger partial charge in [-0.05, 0) is 37.2 Å². The van der Waals surface area contributed by atoms with Crippen molar-refractivity contribution in [1.29, 1.82) is 0 Å². The summed E-state index contributed by atoms with van der Waals surface area (Å²) < 4.78 is 0. The maximum absolute atomic E-state index is 11.3. The Kier molecular flexibility index (Phi) is 5.54. The molecule has 4 rings (SSSR count). The molecule has 2 heterocycles. The predicted molar refractivity (Wildman–Crippen MR) is 109 cm³/mol. The number of benzene rings is 1. The van der Waals surface area contributed by atoms with Gasteiger partial charge in [0.2, 0.25) is 0 Å². The average Bonchev–Trinajstić information content (AvgIpc) is 3.25. The largest absolute Gasteiger partial charge is 0.390 e. The Morgan fingerprint density at radius 3 is 2.69 bits per heavy atom. The van der Waals surface area contributed by atoms with Gasteiger partial charge in [-0.3, -0.25) is 21.0 Å². The van der Waals surface area contributed by atoms with Crippen LogP contribution in [0.1, 0.15) is 18.9 Å². The first-order valence-electron chi connectivity index (χ1n) is 9.43. The Morgan fingerprint density at radius 1 is 1.24 bits per heavy atom. The molecule has 1 aliphatic carbocycles. The van der Waals surface area contributed by atoms with E-state index < -0.39 is 29.8 Å². The summed E-state index contributed by atoms with van der Waals surface area (Å²) in [5.41, 5.74) is 1.22. The fourth-order valence-electron chi connectivity index (χ4n) is 4.69. The average molecular weight is 443 g/mol. The van der Waals surface area contributed by atoms with Crippen LogP contribution in [0.15, 0.2) is 35.5 Å². The standard InChI is InChI=1S/C19H24Cl2N4O4/c1-19(28,9-2-3-12(20)13(21)6-9)11-7-14(16(27)15(11)26)25-5-4-10-17(24-29)22-8-23-18(10)25/h2-6,10-11,14-16,18,23,26-29H,7-8H2,1H3,(H,22,24)/t10?,11-,14+,15+,16-,18?,19+/m0/s1.